The smallest absolute Gasteiger partial charge is 0.339 e. The topological polar surface area (TPSA) is 50.5 Å². The highest BCUT2D eigenvalue weighted by atomic mass is 35.5. The Morgan fingerprint density at radius 3 is 2.64 bits per heavy atom. The van der Waals surface area contributed by atoms with Gasteiger partial charge in [-0.1, -0.05) is 41.9 Å². The molecule has 6 heteroatoms. The lowest BCUT2D eigenvalue weighted by Crippen LogP contribution is -2.21. The molecular weight excluding hydrogens is 394 g/mol. The number of carbonyl (C=O) groups excluding carboxylic acids is 1. The van der Waals surface area contributed by atoms with Crippen molar-refractivity contribution < 1.29 is 9.21 Å². The molecule has 1 aliphatic carbocycles. The van der Waals surface area contributed by atoms with Crippen LogP contribution in [0.5, 0.6) is 0 Å². The normalized spacial score (nSPS) is 16.0. The van der Waals surface area contributed by atoms with Crippen LogP contribution in [0.25, 0.3) is 11.0 Å². The highest BCUT2D eigenvalue weighted by Crippen LogP contribution is 2.38. The van der Waals surface area contributed by atoms with Crippen molar-refractivity contribution in [3.05, 3.63) is 74.6 Å². The summed E-state index contributed by atoms with van der Waals surface area (Å²) in [5, 5.41) is 1.23. The van der Waals surface area contributed by atoms with Crippen LogP contribution < -0.4 is 5.63 Å². The van der Waals surface area contributed by atoms with Gasteiger partial charge in [-0.05, 0) is 60.2 Å². The van der Waals surface area contributed by atoms with Crippen LogP contribution in [0, 0.1) is 0 Å². The summed E-state index contributed by atoms with van der Waals surface area (Å²) in [6, 6.07) is 13.8. The molecule has 144 valence electrons. The van der Waals surface area contributed by atoms with Gasteiger partial charge in [0, 0.05) is 29.9 Å². The van der Waals surface area contributed by atoms with Crippen LogP contribution in [-0.4, -0.2) is 24.2 Å². The number of aryl methyl sites for hydroxylation is 1. The molecule has 0 aliphatic heterocycles. The van der Waals surface area contributed by atoms with Gasteiger partial charge in [0.15, 0.2) is 0 Å². The number of amides is 1. The van der Waals surface area contributed by atoms with Crippen molar-refractivity contribution in [2.75, 3.05) is 14.1 Å². The third-order valence-corrected chi connectivity index (χ3v) is 6.72. The molecule has 1 atom stereocenters. The van der Waals surface area contributed by atoms with Crippen LogP contribution in [0.4, 0.5) is 4.79 Å². The van der Waals surface area contributed by atoms with Crippen LogP contribution in [0.1, 0.15) is 29.0 Å². The first-order chi connectivity index (χ1) is 13.4. The van der Waals surface area contributed by atoms with E-state index >= 15 is 0 Å². The molecule has 0 N–H and O–H groups in total. The molecule has 4 rings (SSSR count). The molecule has 4 nitrogen and oxygen atoms in total. The van der Waals surface area contributed by atoms with Gasteiger partial charge in [-0.3, -0.25) is 4.79 Å². The standard InChI is InChI=1S/C22H20ClNO3S/c1-24(2)22(26)28-20-12-19-16(11-18(20)23)15-9-8-14(10-17(15)21(25)27-19)13-6-4-3-5-7-13/h3-7,11-12,14H,8-10H2,1-2H3. The molecule has 1 heterocycles. The van der Waals surface area contributed by atoms with Crippen molar-refractivity contribution in [1.29, 1.82) is 0 Å². The summed E-state index contributed by atoms with van der Waals surface area (Å²) in [6.45, 7) is 0. The number of nitrogens with zero attached hydrogens (tertiary/aromatic N) is 1. The number of hydrogen-bond acceptors (Lipinski definition) is 4. The average Bonchev–Trinajstić information content (AvgIpc) is 2.69. The maximum absolute atomic E-state index is 12.7. The minimum absolute atomic E-state index is 0.132. The molecule has 1 unspecified atom stereocenters. The van der Waals surface area contributed by atoms with Crippen molar-refractivity contribution in [3.63, 3.8) is 0 Å². The van der Waals surface area contributed by atoms with Crippen LogP contribution in [-0.2, 0) is 12.8 Å². The summed E-state index contributed by atoms with van der Waals surface area (Å²) in [4.78, 5) is 26.8. The van der Waals surface area contributed by atoms with E-state index in [4.69, 9.17) is 16.0 Å². The first-order valence-corrected chi connectivity index (χ1v) is 10.4. The molecule has 3 aromatic rings. The van der Waals surface area contributed by atoms with E-state index in [1.54, 1.807) is 20.2 Å². The van der Waals surface area contributed by atoms with Gasteiger partial charge in [0.2, 0.25) is 0 Å². The molecule has 1 aliphatic rings. The van der Waals surface area contributed by atoms with Gasteiger partial charge >= 0.3 is 5.63 Å². The fraction of sp³-hybridized carbons (Fsp3) is 0.273. The minimum Gasteiger partial charge on any atom is -0.422 e. The Labute approximate surface area is 172 Å². The quantitative estimate of drug-likeness (QED) is 0.411. The third-order valence-electron chi connectivity index (χ3n) is 5.20. The molecule has 0 saturated heterocycles. The SMILES string of the molecule is CN(C)C(=O)Sc1cc2oc(=O)c3c(c2cc1Cl)CCC(c1ccccc1)C3. The Hall–Kier alpha value is -2.24. The van der Waals surface area contributed by atoms with E-state index in [9.17, 15) is 9.59 Å². The largest absolute Gasteiger partial charge is 0.422 e. The Bertz CT molecular complexity index is 1110. The average molecular weight is 414 g/mol. The second-order valence-electron chi connectivity index (χ2n) is 7.24. The maximum atomic E-state index is 12.7. The molecule has 0 radical (unpaired) electrons. The first-order valence-electron chi connectivity index (χ1n) is 9.16. The predicted molar refractivity (Wildman–Crippen MR) is 114 cm³/mol. The lowest BCUT2D eigenvalue weighted by Gasteiger charge is -2.25. The maximum Gasteiger partial charge on any atom is 0.339 e. The molecular formula is C22H20ClNO3S. The number of thioether (sulfide) groups is 1. The second kappa shape index (κ2) is 7.64. The van der Waals surface area contributed by atoms with Crippen LogP contribution >= 0.6 is 23.4 Å². The number of carbonyl (C=O) groups is 1. The van der Waals surface area contributed by atoms with Crippen LogP contribution in [0.2, 0.25) is 5.02 Å². The summed E-state index contributed by atoms with van der Waals surface area (Å²) in [5.74, 6) is 0.317. The zero-order chi connectivity index (χ0) is 19.8. The van der Waals surface area contributed by atoms with E-state index in [0.29, 0.717) is 27.8 Å². The zero-order valence-corrected chi connectivity index (χ0v) is 17.3. The van der Waals surface area contributed by atoms with Gasteiger partial charge in [0.1, 0.15) is 5.58 Å². The van der Waals surface area contributed by atoms with Gasteiger partial charge in [-0.2, -0.15) is 0 Å². The molecule has 0 spiro atoms. The Kier molecular flexibility index (Phi) is 5.21. The summed E-state index contributed by atoms with van der Waals surface area (Å²) in [5.41, 5.74) is 3.21. The highest BCUT2D eigenvalue weighted by Gasteiger charge is 2.26. The monoisotopic (exact) mass is 413 g/mol. The van der Waals surface area contributed by atoms with Crippen LogP contribution in [0.15, 0.2) is 56.6 Å². The van der Waals surface area contributed by atoms with E-state index in [1.165, 1.54) is 10.5 Å². The van der Waals surface area contributed by atoms with Crippen molar-refractivity contribution >= 4 is 39.6 Å². The van der Waals surface area contributed by atoms with E-state index in [-0.39, 0.29) is 10.9 Å². The van der Waals surface area contributed by atoms with Crippen LogP contribution in [0.3, 0.4) is 0 Å². The zero-order valence-electron chi connectivity index (χ0n) is 15.7. The van der Waals surface area contributed by atoms with Crippen molar-refractivity contribution in [2.45, 2.75) is 30.1 Å². The van der Waals surface area contributed by atoms with E-state index in [0.717, 1.165) is 41.1 Å². The van der Waals surface area contributed by atoms with Gasteiger partial charge in [0.25, 0.3) is 5.24 Å². The van der Waals surface area contributed by atoms with Gasteiger partial charge in [-0.25, -0.2) is 4.79 Å². The minimum atomic E-state index is -0.291. The number of rotatable bonds is 2. The third kappa shape index (κ3) is 3.56. The number of fused-ring (bicyclic) bond motifs is 3. The fourth-order valence-corrected chi connectivity index (χ4v) is 4.71. The lowest BCUT2D eigenvalue weighted by atomic mass is 9.80. The van der Waals surface area contributed by atoms with Crippen molar-refractivity contribution in [3.8, 4) is 0 Å². The van der Waals surface area contributed by atoms with E-state index < -0.39 is 0 Å². The summed E-state index contributed by atoms with van der Waals surface area (Å²) in [6.07, 6.45) is 2.45. The van der Waals surface area contributed by atoms with E-state index in [1.807, 2.05) is 24.3 Å². The van der Waals surface area contributed by atoms with Gasteiger partial charge in [-0.15, -0.1) is 0 Å². The molecule has 28 heavy (non-hydrogen) atoms. The molecule has 0 bridgehead atoms. The predicted octanol–water partition coefficient (Wildman–Crippen LogP) is 5.49. The Balaban J connectivity index is 1.75. The van der Waals surface area contributed by atoms with Gasteiger partial charge < -0.3 is 9.32 Å². The Morgan fingerprint density at radius 1 is 1.18 bits per heavy atom. The summed E-state index contributed by atoms with van der Waals surface area (Å²) >= 11 is 7.47. The van der Waals surface area contributed by atoms with Crippen molar-refractivity contribution in [1.82, 2.24) is 4.90 Å². The number of hydrogen-bond donors (Lipinski definition) is 0. The molecule has 2 aromatic carbocycles. The number of benzene rings is 2. The number of halogens is 1. The second-order valence-corrected chi connectivity index (χ2v) is 8.64. The lowest BCUT2D eigenvalue weighted by molar-refractivity contribution is 0.241. The highest BCUT2D eigenvalue weighted by molar-refractivity contribution is 8.13. The van der Waals surface area contributed by atoms with E-state index in [2.05, 4.69) is 12.1 Å². The molecule has 1 aromatic heterocycles. The summed E-state index contributed by atoms with van der Waals surface area (Å²) in [7, 11) is 3.37. The fourth-order valence-electron chi connectivity index (χ4n) is 3.73. The first kappa shape index (κ1) is 19.1. The molecule has 0 saturated carbocycles. The Morgan fingerprint density at radius 2 is 1.93 bits per heavy atom. The van der Waals surface area contributed by atoms with Gasteiger partial charge in [0.05, 0.1) is 5.02 Å². The summed E-state index contributed by atoms with van der Waals surface area (Å²) < 4.78 is 5.63. The molecule has 1 amide bonds. The molecule has 0 fully saturated rings. The van der Waals surface area contributed by atoms with Crippen molar-refractivity contribution in [2.24, 2.45) is 0 Å².